The van der Waals surface area contributed by atoms with Crippen molar-refractivity contribution in [2.75, 3.05) is 20.3 Å². The molecule has 6 heteroatoms. The van der Waals surface area contributed by atoms with Gasteiger partial charge in [-0.25, -0.2) is 4.79 Å². The van der Waals surface area contributed by atoms with E-state index >= 15 is 0 Å². The van der Waals surface area contributed by atoms with Crippen LogP contribution < -0.4 is 14.8 Å². The van der Waals surface area contributed by atoms with Crippen LogP contribution >= 0.6 is 0 Å². The summed E-state index contributed by atoms with van der Waals surface area (Å²) in [6.07, 6.45) is 0.743. The number of hydrogen-bond donors (Lipinski definition) is 2. The lowest BCUT2D eigenvalue weighted by atomic mass is 9.95. The summed E-state index contributed by atoms with van der Waals surface area (Å²) >= 11 is 0. The molecule has 1 aromatic carbocycles. The van der Waals surface area contributed by atoms with Gasteiger partial charge in [-0.1, -0.05) is 12.1 Å². The number of esters is 1. The summed E-state index contributed by atoms with van der Waals surface area (Å²) in [6, 6.07) is 7.18. The van der Waals surface area contributed by atoms with E-state index in [0.717, 1.165) is 5.75 Å². The highest BCUT2D eigenvalue weighted by atomic mass is 16.6. The highest BCUT2D eigenvalue weighted by molar-refractivity contribution is 5.90. The Hall–Kier alpha value is -2.21. The van der Waals surface area contributed by atoms with Gasteiger partial charge in [-0.3, -0.25) is 0 Å². The number of methoxy groups -OCH3 is 1. The van der Waals surface area contributed by atoms with Crippen LogP contribution in [0.3, 0.4) is 0 Å². The van der Waals surface area contributed by atoms with E-state index in [9.17, 15) is 9.90 Å². The van der Waals surface area contributed by atoms with Crippen molar-refractivity contribution in [1.82, 2.24) is 5.32 Å². The van der Waals surface area contributed by atoms with E-state index in [1.807, 2.05) is 24.3 Å². The molecule has 3 rings (SSSR count). The molecule has 2 atom stereocenters. The van der Waals surface area contributed by atoms with E-state index in [4.69, 9.17) is 14.2 Å². The highest BCUT2D eigenvalue weighted by Gasteiger charge is 2.33. The minimum atomic E-state index is -0.508. The Morgan fingerprint density at radius 1 is 1.41 bits per heavy atom. The normalized spacial score (nSPS) is 24.0. The number of para-hydroxylation sites is 2. The van der Waals surface area contributed by atoms with Crippen molar-refractivity contribution in [3.63, 3.8) is 0 Å². The van der Waals surface area contributed by atoms with Crippen LogP contribution in [0.5, 0.6) is 11.5 Å². The molecule has 118 valence electrons. The number of hydrogen-bond acceptors (Lipinski definition) is 6. The number of aliphatic hydroxyl groups is 1. The van der Waals surface area contributed by atoms with Gasteiger partial charge < -0.3 is 24.6 Å². The van der Waals surface area contributed by atoms with Gasteiger partial charge in [0.2, 0.25) is 0 Å². The third-order valence-electron chi connectivity index (χ3n) is 3.88. The predicted octanol–water partition coefficient (Wildman–Crippen LogP) is 1.56. The van der Waals surface area contributed by atoms with Crippen LogP contribution in [0.2, 0.25) is 0 Å². The van der Waals surface area contributed by atoms with Gasteiger partial charge in [0.15, 0.2) is 11.5 Å². The topological polar surface area (TPSA) is 77.0 Å². The second kappa shape index (κ2) is 6.27. The first-order chi connectivity index (χ1) is 10.7. The number of aliphatic hydroxyl groups excluding tert-OH is 1. The molecule has 0 spiro atoms. The maximum absolute atomic E-state index is 11.9. The van der Waals surface area contributed by atoms with E-state index in [1.54, 1.807) is 0 Å². The lowest BCUT2D eigenvalue weighted by Gasteiger charge is -2.32. The van der Waals surface area contributed by atoms with E-state index in [1.165, 1.54) is 7.11 Å². The fourth-order valence-corrected chi connectivity index (χ4v) is 2.82. The molecule has 0 bridgehead atoms. The Bertz CT molecular complexity index is 598. The van der Waals surface area contributed by atoms with Gasteiger partial charge in [0, 0.05) is 25.4 Å². The van der Waals surface area contributed by atoms with Gasteiger partial charge in [-0.2, -0.15) is 0 Å². The summed E-state index contributed by atoms with van der Waals surface area (Å²) in [5.41, 5.74) is 0.288. The van der Waals surface area contributed by atoms with Crippen LogP contribution in [-0.4, -0.2) is 43.5 Å². The molecule has 0 saturated carbocycles. The van der Waals surface area contributed by atoms with Gasteiger partial charge in [-0.05, 0) is 12.1 Å². The number of nitrogens with one attached hydrogen (secondary N) is 1. The molecule has 2 aliphatic heterocycles. The molecule has 0 amide bonds. The number of benzene rings is 1. The van der Waals surface area contributed by atoms with E-state index in [-0.39, 0.29) is 23.5 Å². The molecule has 22 heavy (non-hydrogen) atoms. The van der Waals surface area contributed by atoms with Crippen LogP contribution in [0.1, 0.15) is 12.8 Å². The summed E-state index contributed by atoms with van der Waals surface area (Å²) in [5.74, 6) is 1.00. The van der Waals surface area contributed by atoms with Crippen LogP contribution in [-0.2, 0) is 9.53 Å². The molecule has 6 nitrogen and oxygen atoms in total. The van der Waals surface area contributed by atoms with Crippen molar-refractivity contribution in [2.24, 2.45) is 0 Å². The molecule has 2 heterocycles. The second-order valence-electron chi connectivity index (χ2n) is 5.34. The summed E-state index contributed by atoms with van der Waals surface area (Å²) in [7, 11) is 1.31. The maximum Gasteiger partial charge on any atom is 0.338 e. The smallest absolute Gasteiger partial charge is 0.338 e. The fourth-order valence-electron chi connectivity index (χ4n) is 2.82. The van der Waals surface area contributed by atoms with Crippen LogP contribution in [0, 0.1) is 0 Å². The van der Waals surface area contributed by atoms with Crippen LogP contribution in [0.15, 0.2) is 35.6 Å². The maximum atomic E-state index is 11.9. The minimum absolute atomic E-state index is 0.0905. The van der Waals surface area contributed by atoms with Crippen molar-refractivity contribution in [3.8, 4) is 11.5 Å². The fraction of sp³-hybridized carbons (Fsp3) is 0.438. The largest absolute Gasteiger partial charge is 0.512 e. The third kappa shape index (κ3) is 2.87. The highest BCUT2D eigenvalue weighted by Crippen LogP contribution is 2.32. The van der Waals surface area contributed by atoms with Gasteiger partial charge in [-0.15, -0.1) is 0 Å². The number of carbonyl (C=O) groups excluding carboxylic acids is 1. The van der Waals surface area contributed by atoms with Crippen molar-refractivity contribution in [3.05, 3.63) is 35.6 Å². The van der Waals surface area contributed by atoms with Gasteiger partial charge >= 0.3 is 5.97 Å². The van der Waals surface area contributed by atoms with Crippen molar-refractivity contribution in [2.45, 2.75) is 25.0 Å². The zero-order valence-corrected chi connectivity index (χ0v) is 12.4. The lowest BCUT2D eigenvalue weighted by Crippen LogP contribution is -2.44. The zero-order valence-electron chi connectivity index (χ0n) is 12.4. The molecule has 0 aromatic heterocycles. The zero-order chi connectivity index (χ0) is 15.5. The summed E-state index contributed by atoms with van der Waals surface area (Å²) in [4.78, 5) is 11.9. The van der Waals surface area contributed by atoms with Gasteiger partial charge in [0.05, 0.1) is 12.7 Å². The first-order valence-corrected chi connectivity index (χ1v) is 7.31. The average molecular weight is 305 g/mol. The average Bonchev–Trinajstić information content (AvgIpc) is 2.54. The molecular formula is C16H19NO5. The lowest BCUT2D eigenvalue weighted by molar-refractivity contribution is -0.137. The summed E-state index contributed by atoms with van der Waals surface area (Å²) in [6.45, 7) is 1.02. The Morgan fingerprint density at radius 3 is 2.95 bits per heavy atom. The van der Waals surface area contributed by atoms with Crippen molar-refractivity contribution < 1.29 is 24.1 Å². The molecule has 2 aliphatic rings. The standard InChI is InChI=1S/C16H19NO5/c1-20-16(19)15-11(17-7-6-12(15)18)8-10-9-21-13-4-2-3-5-14(13)22-10/h2-5,10-11,17-18H,6-9H2,1H3. The molecule has 1 aromatic rings. The van der Waals surface area contributed by atoms with Crippen molar-refractivity contribution >= 4 is 5.97 Å². The van der Waals surface area contributed by atoms with Crippen LogP contribution in [0.25, 0.3) is 0 Å². The SMILES string of the molecule is COC(=O)C1=C(O)CCNC1CC1COc2ccccc2O1. The molecule has 0 saturated heterocycles. The number of carbonyl (C=O) groups is 1. The summed E-state index contributed by atoms with van der Waals surface area (Å²) in [5, 5.41) is 13.2. The minimum Gasteiger partial charge on any atom is -0.512 e. The molecular weight excluding hydrogens is 286 g/mol. The summed E-state index contributed by atoms with van der Waals surface area (Å²) < 4.78 is 16.4. The molecule has 0 radical (unpaired) electrons. The number of ether oxygens (including phenoxy) is 3. The Morgan fingerprint density at radius 2 is 2.18 bits per heavy atom. The van der Waals surface area contributed by atoms with E-state index < -0.39 is 5.97 Å². The van der Waals surface area contributed by atoms with Crippen LogP contribution in [0.4, 0.5) is 0 Å². The Kier molecular flexibility index (Phi) is 4.20. The predicted molar refractivity (Wildman–Crippen MR) is 79.0 cm³/mol. The Balaban J connectivity index is 1.73. The molecule has 2 unspecified atom stereocenters. The quantitative estimate of drug-likeness (QED) is 0.825. The first kappa shape index (κ1) is 14.7. The molecule has 0 aliphatic carbocycles. The second-order valence-corrected chi connectivity index (χ2v) is 5.34. The number of rotatable bonds is 3. The van der Waals surface area contributed by atoms with E-state index in [2.05, 4.69) is 5.32 Å². The first-order valence-electron chi connectivity index (χ1n) is 7.31. The van der Waals surface area contributed by atoms with E-state index in [0.29, 0.717) is 31.7 Å². The molecule has 2 N–H and O–H groups in total. The monoisotopic (exact) mass is 305 g/mol. The number of fused-ring (bicyclic) bond motifs is 1. The Labute approximate surface area is 128 Å². The third-order valence-corrected chi connectivity index (χ3v) is 3.88. The molecule has 0 fully saturated rings. The van der Waals surface area contributed by atoms with Gasteiger partial charge in [0.1, 0.15) is 18.5 Å². The van der Waals surface area contributed by atoms with Gasteiger partial charge in [0.25, 0.3) is 0 Å². The van der Waals surface area contributed by atoms with Crippen molar-refractivity contribution in [1.29, 1.82) is 0 Å².